The van der Waals surface area contributed by atoms with Gasteiger partial charge >= 0.3 is 5.97 Å². The van der Waals surface area contributed by atoms with Crippen molar-refractivity contribution in [1.29, 1.82) is 5.41 Å². The zero-order valence-electron chi connectivity index (χ0n) is 6.40. The minimum atomic E-state index is -1.05. The number of β-amino-alcohol motifs (C(OH)–C–C–N with tert-alkyl or cyclic N) is 1. The first-order valence-corrected chi connectivity index (χ1v) is 3.54. The summed E-state index contributed by atoms with van der Waals surface area (Å²) in [6.45, 7) is 0.131. The quantitative estimate of drug-likeness (QED) is 0.282. The molecule has 1 aliphatic heterocycles. The number of carboxylic acids is 1. The van der Waals surface area contributed by atoms with Crippen LogP contribution < -0.4 is 5.73 Å². The Labute approximate surface area is 69.1 Å². The summed E-state index contributed by atoms with van der Waals surface area (Å²) in [4.78, 5) is 11.7. The maximum atomic E-state index is 10.6. The topological polar surface area (TPSA) is 111 Å². The SMILES string of the molecule is N=C(N)N1C[C@H](O)C[C@H]1C(=O)O. The first kappa shape index (κ1) is 8.79. The Bertz CT molecular complexity index is 196. The number of nitrogens with zero attached hydrogens (tertiary/aromatic N) is 1. The van der Waals surface area contributed by atoms with Crippen molar-refractivity contribution in [2.75, 3.05) is 6.54 Å². The van der Waals surface area contributed by atoms with Crippen molar-refractivity contribution in [1.82, 2.24) is 4.90 Å². The van der Waals surface area contributed by atoms with Gasteiger partial charge in [-0.15, -0.1) is 0 Å². The van der Waals surface area contributed by atoms with Crippen LogP contribution in [0.5, 0.6) is 0 Å². The molecule has 1 heterocycles. The van der Waals surface area contributed by atoms with Crippen molar-refractivity contribution in [2.45, 2.75) is 18.6 Å². The van der Waals surface area contributed by atoms with Crippen molar-refractivity contribution < 1.29 is 15.0 Å². The summed E-state index contributed by atoms with van der Waals surface area (Å²) in [5, 5.41) is 24.8. The summed E-state index contributed by atoms with van der Waals surface area (Å²) >= 11 is 0. The number of likely N-dealkylation sites (tertiary alicyclic amines) is 1. The standard InChI is InChI=1S/C6H11N3O3/c7-6(8)9-2-3(10)1-4(9)5(11)12/h3-4,10H,1-2H2,(H3,7,8)(H,11,12)/t3-,4+/m1/s1. The van der Waals surface area contributed by atoms with Gasteiger partial charge < -0.3 is 20.8 Å². The number of carbonyl (C=O) groups is 1. The van der Waals surface area contributed by atoms with E-state index in [0.29, 0.717) is 0 Å². The third-order valence-corrected chi connectivity index (χ3v) is 1.87. The van der Waals surface area contributed by atoms with Crippen LogP contribution in [-0.4, -0.2) is 45.7 Å². The average molecular weight is 173 g/mol. The normalized spacial score (nSPS) is 28.9. The number of nitrogens with one attached hydrogen (secondary N) is 1. The highest BCUT2D eigenvalue weighted by Crippen LogP contribution is 2.16. The molecule has 1 fully saturated rings. The number of hydrogen-bond acceptors (Lipinski definition) is 3. The van der Waals surface area contributed by atoms with Gasteiger partial charge in [-0.2, -0.15) is 0 Å². The zero-order valence-corrected chi connectivity index (χ0v) is 6.40. The van der Waals surface area contributed by atoms with Gasteiger partial charge in [0.15, 0.2) is 5.96 Å². The molecule has 0 aromatic heterocycles. The van der Waals surface area contributed by atoms with Crippen LogP contribution in [0, 0.1) is 5.41 Å². The van der Waals surface area contributed by atoms with Gasteiger partial charge in [-0.1, -0.05) is 0 Å². The fourth-order valence-electron chi connectivity index (χ4n) is 1.31. The van der Waals surface area contributed by atoms with Gasteiger partial charge in [-0.25, -0.2) is 4.79 Å². The molecule has 0 radical (unpaired) electrons. The second-order valence-electron chi connectivity index (χ2n) is 2.78. The van der Waals surface area contributed by atoms with E-state index in [-0.39, 0.29) is 18.9 Å². The lowest BCUT2D eigenvalue weighted by molar-refractivity contribution is -0.141. The molecule has 0 aromatic carbocycles. The molecule has 1 saturated heterocycles. The third kappa shape index (κ3) is 1.48. The van der Waals surface area contributed by atoms with Crippen LogP contribution in [0.3, 0.4) is 0 Å². The molecule has 0 aromatic rings. The first-order chi connectivity index (χ1) is 5.52. The molecule has 68 valence electrons. The van der Waals surface area contributed by atoms with E-state index in [2.05, 4.69) is 0 Å². The van der Waals surface area contributed by atoms with Crippen LogP contribution in [0.25, 0.3) is 0 Å². The third-order valence-electron chi connectivity index (χ3n) is 1.87. The van der Waals surface area contributed by atoms with E-state index in [4.69, 9.17) is 21.4 Å². The van der Waals surface area contributed by atoms with E-state index in [1.165, 1.54) is 4.90 Å². The van der Waals surface area contributed by atoms with Gasteiger partial charge in [0.2, 0.25) is 0 Å². The Morgan fingerprint density at radius 1 is 1.67 bits per heavy atom. The van der Waals surface area contributed by atoms with Crippen LogP contribution in [0.4, 0.5) is 0 Å². The number of nitrogens with two attached hydrogens (primary N) is 1. The molecule has 0 spiro atoms. The lowest BCUT2D eigenvalue weighted by Gasteiger charge is -2.20. The van der Waals surface area contributed by atoms with E-state index < -0.39 is 18.1 Å². The minimum Gasteiger partial charge on any atom is -0.480 e. The number of rotatable bonds is 1. The van der Waals surface area contributed by atoms with Gasteiger partial charge in [0.25, 0.3) is 0 Å². The Balaban J connectivity index is 2.72. The molecule has 5 N–H and O–H groups in total. The number of hydrogen-bond donors (Lipinski definition) is 4. The van der Waals surface area contributed by atoms with E-state index in [9.17, 15) is 4.79 Å². The Morgan fingerprint density at radius 2 is 2.25 bits per heavy atom. The van der Waals surface area contributed by atoms with E-state index in [1.807, 2.05) is 0 Å². The lowest BCUT2D eigenvalue weighted by Crippen LogP contribution is -2.44. The van der Waals surface area contributed by atoms with Crippen molar-refractivity contribution >= 4 is 11.9 Å². The Hall–Kier alpha value is -1.30. The molecule has 1 rings (SSSR count). The highest BCUT2D eigenvalue weighted by Gasteiger charge is 2.36. The summed E-state index contributed by atoms with van der Waals surface area (Å²) in [6.07, 6.45) is -0.565. The predicted molar refractivity (Wildman–Crippen MR) is 40.7 cm³/mol. The predicted octanol–water partition coefficient (Wildman–Crippen LogP) is -1.60. The molecule has 0 aliphatic carbocycles. The molecule has 0 unspecified atom stereocenters. The maximum absolute atomic E-state index is 10.6. The number of aliphatic hydroxyl groups excluding tert-OH is 1. The monoisotopic (exact) mass is 173 g/mol. The molecule has 6 heteroatoms. The average Bonchev–Trinajstić information content (AvgIpc) is 2.31. The molecular weight excluding hydrogens is 162 g/mol. The molecule has 1 aliphatic rings. The fraction of sp³-hybridized carbons (Fsp3) is 0.667. The summed E-state index contributed by atoms with van der Waals surface area (Å²) in [7, 11) is 0. The Morgan fingerprint density at radius 3 is 2.58 bits per heavy atom. The molecular formula is C6H11N3O3. The van der Waals surface area contributed by atoms with E-state index in [0.717, 1.165) is 0 Å². The van der Waals surface area contributed by atoms with Gasteiger partial charge in [-0.3, -0.25) is 5.41 Å². The van der Waals surface area contributed by atoms with Crippen LogP contribution in [0.1, 0.15) is 6.42 Å². The van der Waals surface area contributed by atoms with Crippen LogP contribution in [0.2, 0.25) is 0 Å². The van der Waals surface area contributed by atoms with Gasteiger partial charge in [0, 0.05) is 13.0 Å². The molecule has 0 saturated carbocycles. The smallest absolute Gasteiger partial charge is 0.326 e. The molecule has 2 atom stereocenters. The van der Waals surface area contributed by atoms with Crippen LogP contribution in [0.15, 0.2) is 0 Å². The number of aliphatic hydroxyl groups is 1. The van der Waals surface area contributed by atoms with Crippen molar-refractivity contribution in [3.63, 3.8) is 0 Å². The summed E-state index contributed by atoms with van der Waals surface area (Å²) < 4.78 is 0. The van der Waals surface area contributed by atoms with Gasteiger partial charge in [-0.05, 0) is 0 Å². The minimum absolute atomic E-state index is 0.131. The van der Waals surface area contributed by atoms with Gasteiger partial charge in [0.1, 0.15) is 6.04 Å². The van der Waals surface area contributed by atoms with E-state index in [1.54, 1.807) is 0 Å². The number of carboxylic acid groups (broad SMARTS) is 1. The Kier molecular flexibility index (Phi) is 2.18. The summed E-state index contributed by atoms with van der Waals surface area (Å²) in [5.41, 5.74) is 5.12. The summed E-state index contributed by atoms with van der Waals surface area (Å²) in [5.74, 6) is -1.36. The molecule has 12 heavy (non-hydrogen) atoms. The van der Waals surface area contributed by atoms with Crippen molar-refractivity contribution in [3.8, 4) is 0 Å². The lowest BCUT2D eigenvalue weighted by atomic mass is 10.2. The highest BCUT2D eigenvalue weighted by atomic mass is 16.4. The summed E-state index contributed by atoms with van der Waals surface area (Å²) in [6, 6.07) is -0.850. The molecule has 0 bridgehead atoms. The molecule has 0 amide bonds. The zero-order chi connectivity index (χ0) is 9.30. The fourth-order valence-corrected chi connectivity index (χ4v) is 1.31. The van der Waals surface area contributed by atoms with Crippen molar-refractivity contribution in [2.24, 2.45) is 5.73 Å². The second-order valence-corrected chi connectivity index (χ2v) is 2.78. The van der Waals surface area contributed by atoms with Crippen molar-refractivity contribution in [3.05, 3.63) is 0 Å². The number of guanidine groups is 1. The van der Waals surface area contributed by atoms with Crippen LogP contribution in [-0.2, 0) is 4.79 Å². The highest BCUT2D eigenvalue weighted by molar-refractivity contribution is 5.83. The first-order valence-electron chi connectivity index (χ1n) is 3.54. The van der Waals surface area contributed by atoms with E-state index >= 15 is 0 Å². The van der Waals surface area contributed by atoms with Crippen LogP contribution >= 0.6 is 0 Å². The number of aliphatic carboxylic acids is 1. The van der Waals surface area contributed by atoms with Gasteiger partial charge in [0.05, 0.1) is 6.10 Å². The largest absolute Gasteiger partial charge is 0.480 e. The second kappa shape index (κ2) is 2.98. The molecule has 6 nitrogen and oxygen atoms in total. The maximum Gasteiger partial charge on any atom is 0.326 e.